The van der Waals surface area contributed by atoms with Crippen molar-refractivity contribution < 1.29 is 9.47 Å². The van der Waals surface area contributed by atoms with Gasteiger partial charge in [-0.3, -0.25) is 0 Å². The van der Waals surface area contributed by atoms with E-state index in [1.807, 2.05) is 0 Å². The minimum Gasteiger partial charge on any atom is -0.486 e. The van der Waals surface area contributed by atoms with Crippen LogP contribution in [-0.2, 0) is 0 Å². The van der Waals surface area contributed by atoms with Crippen molar-refractivity contribution in [1.29, 1.82) is 0 Å². The van der Waals surface area contributed by atoms with Crippen LogP contribution in [0.15, 0.2) is 10.5 Å². The van der Waals surface area contributed by atoms with E-state index >= 15 is 0 Å². The lowest BCUT2D eigenvalue weighted by Gasteiger charge is -2.25. The average molecular weight is 298 g/mol. The van der Waals surface area contributed by atoms with Crippen molar-refractivity contribution in [3.8, 4) is 11.5 Å². The van der Waals surface area contributed by atoms with Crippen molar-refractivity contribution in [1.82, 2.24) is 5.32 Å². The van der Waals surface area contributed by atoms with Gasteiger partial charge in [0.05, 0.1) is 4.47 Å². The molecular weight excluding hydrogens is 282 g/mol. The topological polar surface area (TPSA) is 30.5 Å². The highest BCUT2D eigenvalue weighted by Crippen LogP contribution is 2.44. The molecule has 1 aromatic rings. The van der Waals surface area contributed by atoms with Crippen LogP contribution in [0.1, 0.15) is 30.0 Å². The first kappa shape index (κ1) is 11.4. The molecule has 1 aromatic carbocycles. The fraction of sp³-hybridized carbons (Fsp3) is 0.538. The molecule has 2 aliphatic heterocycles. The van der Waals surface area contributed by atoms with Crippen LogP contribution in [0.2, 0.25) is 0 Å². The van der Waals surface area contributed by atoms with Crippen molar-refractivity contribution in [3.63, 3.8) is 0 Å². The highest BCUT2D eigenvalue weighted by atomic mass is 79.9. The SMILES string of the molecule is Cc1c(C2CCCN2)cc(Br)c2c1OCCO2. The van der Waals surface area contributed by atoms with Crippen LogP contribution < -0.4 is 14.8 Å². The number of fused-ring (bicyclic) bond motifs is 1. The van der Waals surface area contributed by atoms with Gasteiger partial charge in [-0.25, -0.2) is 0 Å². The summed E-state index contributed by atoms with van der Waals surface area (Å²) >= 11 is 3.58. The molecule has 1 saturated heterocycles. The molecule has 1 atom stereocenters. The van der Waals surface area contributed by atoms with Gasteiger partial charge in [-0.15, -0.1) is 0 Å². The first-order valence-electron chi connectivity index (χ1n) is 6.09. The molecule has 1 fully saturated rings. The molecule has 0 saturated carbocycles. The average Bonchev–Trinajstić information content (AvgIpc) is 2.87. The maximum absolute atomic E-state index is 5.75. The maximum atomic E-state index is 5.75. The standard InChI is InChI=1S/C13H16BrNO2/c1-8-9(11-3-2-4-15-11)7-10(14)13-12(8)16-5-6-17-13/h7,11,15H,2-6H2,1H3. The van der Waals surface area contributed by atoms with Gasteiger partial charge in [0, 0.05) is 6.04 Å². The predicted octanol–water partition coefficient (Wildman–Crippen LogP) is 2.95. The zero-order valence-corrected chi connectivity index (χ0v) is 11.5. The van der Waals surface area contributed by atoms with Gasteiger partial charge >= 0.3 is 0 Å². The van der Waals surface area contributed by atoms with E-state index in [2.05, 4.69) is 34.2 Å². The van der Waals surface area contributed by atoms with Crippen LogP contribution in [0.3, 0.4) is 0 Å². The molecule has 0 aliphatic carbocycles. The van der Waals surface area contributed by atoms with Crippen LogP contribution in [0, 0.1) is 6.92 Å². The van der Waals surface area contributed by atoms with Gasteiger partial charge in [0.1, 0.15) is 13.2 Å². The Labute approximate surface area is 110 Å². The quantitative estimate of drug-likeness (QED) is 0.864. The molecule has 0 spiro atoms. The van der Waals surface area contributed by atoms with Crippen LogP contribution in [0.5, 0.6) is 11.5 Å². The van der Waals surface area contributed by atoms with Crippen LogP contribution >= 0.6 is 15.9 Å². The summed E-state index contributed by atoms with van der Waals surface area (Å²) in [5.74, 6) is 1.77. The molecule has 0 bridgehead atoms. The van der Waals surface area contributed by atoms with Gasteiger partial charge < -0.3 is 14.8 Å². The lowest BCUT2D eigenvalue weighted by molar-refractivity contribution is 0.169. The Hall–Kier alpha value is -0.740. The monoisotopic (exact) mass is 297 g/mol. The maximum Gasteiger partial charge on any atom is 0.175 e. The third-order valence-corrected chi connectivity index (χ3v) is 4.08. The first-order valence-corrected chi connectivity index (χ1v) is 6.88. The highest BCUT2D eigenvalue weighted by molar-refractivity contribution is 9.10. The van der Waals surface area contributed by atoms with E-state index in [4.69, 9.17) is 9.47 Å². The molecule has 1 N–H and O–H groups in total. The normalized spacial score (nSPS) is 22.8. The minimum atomic E-state index is 0.460. The van der Waals surface area contributed by atoms with Crippen molar-refractivity contribution in [2.75, 3.05) is 19.8 Å². The summed E-state index contributed by atoms with van der Waals surface area (Å²) in [6.45, 7) is 4.50. The van der Waals surface area contributed by atoms with E-state index in [-0.39, 0.29) is 0 Å². The fourth-order valence-electron chi connectivity index (χ4n) is 2.63. The Bertz CT molecular complexity index is 442. The molecule has 1 unspecified atom stereocenters. The van der Waals surface area contributed by atoms with E-state index < -0.39 is 0 Å². The molecule has 3 rings (SSSR count). The summed E-state index contributed by atoms with van der Waals surface area (Å²) in [6, 6.07) is 2.63. The number of hydrogen-bond acceptors (Lipinski definition) is 3. The molecule has 0 radical (unpaired) electrons. The number of halogens is 1. The first-order chi connectivity index (χ1) is 8.27. The van der Waals surface area contributed by atoms with Crippen molar-refractivity contribution in [2.45, 2.75) is 25.8 Å². The summed E-state index contributed by atoms with van der Waals surface area (Å²) < 4.78 is 12.4. The predicted molar refractivity (Wildman–Crippen MR) is 69.8 cm³/mol. The summed E-state index contributed by atoms with van der Waals surface area (Å²) in [6.07, 6.45) is 2.45. The molecule has 0 amide bonds. The molecule has 17 heavy (non-hydrogen) atoms. The minimum absolute atomic E-state index is 0.460. The van der Waals surface area contributed by atoms with Gasteiger partial charge in [-0.05, 0) is 59.4 Å². The van der Waals surface area contributed by atoms with E-state index in [0.717, 1.165) is 22.5 Å². The van der Waals surface area contributed by atoms with Crippen LogP contribution in [-0.4, -0.2) is 19.8 Å². The molecule has 4 heteroatoms. The summed E-state index contributed by atoms with van der Waals surface area (Å²) in [5, 5.41) is 3.53. The van der Waals surface area contributed by atoms with Gasteiger partial charge in [0.2, 0.25) is 0 Å². The second-order valence-corrected chi connectivity index (χ2v) is 5.43. The number of nitrogens with one attached hydrogen (secondary N) is 1. The highest BCUT2D eigenvalue weighted by Gasteiger charge is 2.25. The second kappa shape index (κ2) is 4.50. The Morgan fingerprint density at radius 2 is 2.06 bits per heavy atom. The van der Waals surface area contributed by atoms with E-state index in [9.17, 15) is 0 Å². The molecule has 0 aromatic heterocycles. The number of benzene rings is 1. The van der Waals surface area contributed by atoms with E-state index in [0.29, 0.717) is 19.3 Å². The van der Waals surface area contributed by atoms with Crippen LogP contribution in [0.25, 0.3) is 0 Å². The zero-order chi connectivity index (χ0) is 11.8. The van der Waals surface area contributed by atoms with E-state index in [1.165, 1.54) is 24.0 Å². The lowest BCUT2D eigenvalue weighted by atomic mass is 9.98. The number of hydrogen-bond donors (Lipinski definition) is 1. The van der Waals surface area contributed by atoms with Gasteiger partial charge in [-0.2, -0.15) is 0 Å². The largest absolute Gasteiger partial charge is 0.486 e. The Balaban J connectivity index is 2.07. The number of rotatable bonds is 1. The smallest absolute Gasteiger partial charge is 0.175 e. The van der Waals surface area contributed by atoms with Crippen molar-refractivity contribution in [3.05, 3.63) is 21.7 Å². The molecular formula is C13H16BrNO2. The fourth-order valence-corrected chi connectivity index (χ4v) is 3.17. The molecule has 2 heterocycles. The molecule has 3 nitrogen and oxygen atoms in total. The Kier molecular flexibility index (Phi) is 3.01. The molecule has 92 valence electrons. The van der Waals surface area contributed by atoms with Gasteiger partial charge in [0.15, 0.2) is 11.5 Å². The summed E-state index contributed by atoms with van der Waals surface area (Å²) in [5.41, 5.74) is 2.54. The Morgan fingerprint density at radius 3 is 2.76 bits per heavy atom. The van der Waals surface area contributed by atoms with Crippen molar-refractivity contribution >= 4 is 15.9 Å². The Morgan fingerprint density at radius 1 is 1.29 bits per heavy atom. The summed E-state index contributed by atoms with van der Waals surface area (Å²) in [7, 11) is 0. The van der Waals surface area contributed by atoms with Gasteiger partial charge in [0.25, 0.3) is 0 Å². The second-order valence-electron chi connectivity index (χ2n) is 4.58. The zero-order valence-electron chi connectivity index (χ0n) is 9.88. The lowest BCUT2D eigenvalue weighted by Crippen LogP contribution is -2.19. The third kappa shape index (κ3) is 1.93. The summed E-state index contributed by atoms with van der Waals surface area (Å²) in [4.78, 5) is 0. The molecule has 2 aliphatic rings. The van der Waals surface area contributed by atoms with Crippen LogP contribution in [0.4, 0.5) is 0 Å². The third-order valence-electron chi connectivity index (χ3n) is 3.49. The van der Waals surface area contributed by atoms with Gasteiger partial charge in [-0.1, -0.05) is 0 Å². The van der Waals surface area contributed by atoms with Crippen molar-refractivity contribution in [2.24, 2.45) is 0 Å². The van der Waals surface area contributed by atoms with E-state index in [1.54, 1.807) is 0 Å². The number of ether oxygens (including phenoxy) is 2.